The zero-order valence-electron chi connectivity index (χ0n) is 8.66. The third-order valence-corrected chi connectivity index (χ3v) is 2.27. The van der Waals surface area contributed by atoms with Crippen molar-refractivity contribution in [1.29, 1.82) is 0 Å². The lowest BCUT2D eigenvalue weighted by molar-refractivity contribution is 0.123. The fourth-order valence-corrected chi connectivity index (χ4v) is 1.36. The molecule has 0 bridgehead atoms. The van der Waals surface area contributed by atoms with Gasteiger partial charge in [-0.3, -0.25) is 4.57 Å². The lowest BCUT2D eigenvalue weighted by Crippen LogP contribution is -2.08. The summed E-state index contributed by atoms with van der Waals surface area (Å²) in [6.07, 6.45) is 2.27. The zero-order chi connectivity index (χ0) is 10.4. The van der Waals surface area contributed by atoms with Crippen LogP contribution in [-0.2, 0) is 11.3 Å². The van der Waals surface area contributed by atoms with Gasteiger partial charge >= 0.3 is 0 Å². The van der Waals surface area contributed by atoms with Crippen LogP contribution in [0.3, 0.4) is 0 Å². The molecule has 0 aliphatic carbocycles. The highest BCUT2D eigenvalue weighted by Crippen LogP contribution is 2.06. The minimum atomic E-state index is 0.432. The van der Waals surface area contributed by atoms with E-state index in [0.29, 0.717) is 11.9 Å². The Bertz CT molecular complexity index is 256. The molecule has 0 amide bonds. The number of ether oxygens (including phenoxy) is 1. The minimum absolute atomic E-state index is 0.432. The summed E-state index contributed by atoms with van der Waals surface area (Å²) in [4.78, 5) is 0. The Morgan fingerprint density at radius 1 is 1.36 bits per heavy atom. The number of hydrogen-bond acceptors (Lipinski definition) is 3. The smallest absolute Gasteiger partial charge is 0.225 e. The average Bonchev–Trinajstić information content (AvgIpc) is 2.48. The Balaban J connectivity index is 2.24. The Morgan fingerprint density at radius 2 is 2.14 bits per heavy atom. The zero-order valence-corrected chi connectivity index (χ0v) is 9.42. The molecular weight excluding hydrogens is 202 g/mol. The Morgan fingerprint density at radius 3 is 2.71 bits per heavy atom. The molecule has 0 spiro atoms. The van der Waals surface area contributed by atoms with E-state index in [1.54, 1.807) is 0 Å². The van der Waals surface area contributed by atoms with Crippen molar-refractivity contribution >= 4 is 11.6 Å². The lowest BCUT2D eigenvalue weighted by Gasteiger charge is -2.05. The summed E-state index contributed by atoms with van der Waals surface area (Å²) in [6.45, 7) is 6.23. The highest BCUT2D eigenvalue weighted by Gasteiger charge is 2.04. The summed E-state index contributed by atoms with van der Waals surface area (Å²) in [5, 5.41) is 8.04. The van der Waals surface area contributed by atoms with Crippen LogP contribution >= 0.6 is 11.6 Å². The predicted octanol–water partition coefficient (Wildman–Crippen LogP) is 2.06. The van der Waals surface area contributed by atoms with Crippen molar-refractivity contribution in [2.24, 2.45) is 0 Å². The van der Waals surface area contributed by atoms with Crippen molar-refractivity contribution in [1.82, 2.24) is 14.8 Å². The van der Waals surface area contributed by atoms with Gasteiger partial charge in [0.25, 0.3) is 0 Å². The normalized spacial score (nSPS) is 10.8. The third kappa shape index (κ3) is 3.27. The predicted molar refractivity (Wildman–Crippen MR) is 55.5 cm³/mol. The minimum Gasteiger partial charge on any atom is -0.380 e. The molecule has 1 heterocycles. The van der Waals surface area contributed by atoms with Gasteiger partial charge in [0.15, 0.2) is 0 Å². The molecule has 0 aromatic carbocycles. The van der Waals surface area contributed by atoms with Crippen LogP contribution in [0.25, 0.3) is 0 Å². The van der Waals surface area contributed by atoms with Gasteiger partial charge in [0, 0.05) is 6.61 Å². The maximum Gasteiger partial charge on any atom is 0.225 e. The number of hydrogen-bond donors (Lipinski definition) is 0. The van der Waals surface area contributed by atoms with Gasteiger partial charge in [0.2, 0.25) is 5.28 Å². The molecule has 4 nitrogen and oxygen atoms in total. The molecule has 0 aliphatic heterocycles. The topological polar surface area (TPSA) is 39.9 Å². The van der Waals surface area contributed by atoms with Crippen molar-refractivity contribution in [3.8, 4) is 0 Å². The van der Waals surface area contributed by atoms with E-state index in [1.165, 1.54) is 0 Å². The summed E-state index contributed by atoms with van der Waals surface area (Å²) in [5.41, 5.74) is 0. The molecule has 0 atom stereocenters. The number of halogens is 1. The van der Waals surface area contributed by atoms with Crippen LogP contribution in [0.1, 0.15) is 25.6 Å². The van der Waals surface area contributed by atoms with Crippen molar-refractivity contribution in [3.63, 3.8) is 0 Å². The highest BCUT2D eigenvalue weighted by atomic mass is 35.5. The molecule has 0 N–H and O–H groups in total. The van der Waals surface area contributed by atoms with Crippen LogP contribution in [0.5, 0.6) is 0 Å². The SMILES string of the molecule is CCCCOCCn1c(C)nnc1Cl. The Kier molecular flexibility index (Phi) is 4.90. The molecule has 5 heteroatoms. The Labute approximate surface area is 89.2 Å². The van der Waals surface area contributed by atoms with Crippen molar-refractivity contribution in [2.75, 3.05) is 13.2 Å². The largest absolute Gasteiger partial charge is 0.380 e. The summed E-state index contributed by atoms with van der Waals surface area (Å²) in [5.74, 6) is 0.828. The van der Waals surface area contributed by atoms with E-state index in [0.717, 1.165) is 31.8 Å². The molecule has 80 valence electrons. The van der Waals surface area contributed by atoms with Gasteiger partial charge in [-0.25, -0.2) is 0 Å². The van der Waals surface area contributed by atoms with Crippen LogP contribution in [0, 0.1) is 6.92 Å². The second-order valence-corrected chi connectivity index (χ2v) is 3.47. The van der Waals surface area contributed by atoms with Gasteiger partial charge in [-0.15, -0.1) is 10.2 Å². The molecule has 1 aromatic heterocycles. The molecule has 0 saturated carbocycles. The third-order valence-electron chi connectivity index (χ3n) is 1.99. The van der Waals surface area contributed by atoms with E-state index in [9.17, 15) is 0 Å². The van der Waals surface area contributed by atoms with Gasteiger partial charge in [-0.05, 0) is 24.9 Å². The molecule has 0 radical (unpaired) electrons. The van der Waals surface area contributed by atoms with E-state index in [-0.39, 0.29) is 0 Å². The fourth-order valence-electron chi connectivity index (χ4n) is 1.11. The number of aryl methyl sites for hydroxylation is 1. The number of aromatic nitrogens is 3. The Hall–Kier alpha value is -0.610. The van der Waals surface area contributed by atoms with Crippen LogP contribution < -0.4 is 0 Å². The molecule has 0 fully saturated rings. The molecule has 1 aromatic rings. The highest BCUT2D eigenvalue weighted by molar-refractivity contribution is 6.28. The maximum atomic E-state index is 5.82. The van der Waals surface area contributed by atoms with Gasteiger partial charge in [0.1, 0.15) is 5.82 Å². The monoisotopic (exact) mass is 217 g/mol. The van der Waals surface area contributed by atoms with Gasteiger partial charge in [-0.1, -0.05) is 13.3 Å². The lowest BCUT2D eigenvalue weighted by atomic mass is 10.4. The van der Waals surface area contributed by atoms with E-state index < -0.39 is 0 Å². The maximum absolute atomic E-state index is 5.82. The van der Waals surface area contributed by atoms with Gasteiger partial charge in [0.05, 0.1) is 13.2 Å². The van der Waals surface area contributed by atoms with Gasteiger partial charge < -0.3 is 4.74 Å². The molecular formula is C9H16ClN3O. The van der Waals surface area contributed by atoms with Crippen LogP contribution in [0.4, 0.5) is 0 Å². The first-order valence-electron chi connectivity index (χ1n) is 4.88. The average molecular weight is 218 g/mol. The standard InChI is InChI=1S/C9H16ClN3O/c1-3-4-6-14-7-5-13-8(2)11-12-9(13)10/h3-7H2,1-2H3. The fraction of sp³-hybridized carbons (Fsp3) is 0.778. The van der Waals surface area contributed by atoms with E-state index >= 15 is 0 Å². The molecule has 1 rings (SSSR count). The van der Waals surface area contributed by atoms with Crippen LogP contribution in [0.15, 0.2) is 0 Å². The van der Waals surface area contributed by atoms with E-state index in [1.807, 2.05) is 11.5 Å². The van der Waals surface area contributed by atoms with Crippen LogP contribution in [-0.4, -0.2) is 28.0 Å². The summed E-state index contributed by atoms with van der Waals surface area (Å²) in [6, 6.07) is 0. The van der Waals surface area contributed by atoms with Gasteiger partial charge in [-0.2, -0.15) is 0 Å². The van der Waals surface area contributed by atoms with Crippen molar-refractivity contribution in [3.05, 3.63) is 11.1 Å². The summed E-state index contributed by atoms with van der Waals surface area (Å²) in [7, 11) is 0. The summed E-state index contributed by atoms with van der Waals surface area (Å²) < 4.78 is 7.26. The molecule has 0 saturated heterocycles. The molecule has 14 heavy (non-hydrogen) atoms. The first-order valence-corrected chi connectivity index (χ1v) is 5.26. The first kappa shape index (κ1) is 11.5. The molecule has 0 aliphatic rings. The summed E-state index contributed by atoms with van der Waals surface area (Å²) >= 11 is 5.82. The quantitative estimate of drug-likeness (QED) is 0.685. The molecule has 0 unspecified atom stereocenters. The van der Waals surface area contributed by atoms with E-state index in [4.69, 9.17) is 16.3 Å². The second-order valence-electron chi connectivity index (χ2n) is 3.13. The number of nitrogens with zero attached hydrogens (tertiary/aromatic N) is 3. The first-order chi connectivity index (χ1) is 6.75. The number of unbranched alkanes of at least 4 members (excludes halogenated alkanes) is 1. The second kappa shape index (κ2) is 5.98. The number of rotatable bonds is 6. The van der Waals surface area contributed by atoms with Crippen molar-refractivity contribution in [2.45, 2.75) is 33.2 Å². The van der Waals surface area contributed by atoms with E-state index in [2.05, 4.69) is 17.1 Å². The van der Waals surface area contributed by atoms with Crippen LogP contribution in [0.2, 0.25) is 5.28 Å². The van der Waals surface area contributed by atoms with Crippen molar-refractivity contribution < 1.29 is 4.74 Å².